The highest BCUT2D eigenvalue weighted by atomic mass is 16.5. The van der Waals surface area contributed by atoms with E-state index in [0.717, 1.165) is 11.3 Å². The summed E-state index contributed by atoms with van der Waals surface area (Å²) in [7, 11) is 0. The van der Waals surface area contributed by atoms with Crippen LogP contribution >= 0.6 is 0 Å². The Labute approximate surface area is 110 Å². The second kappa shape index (κ2) is 5.70. The summed E-state index contributed by atoms with van der Waals surface area (Å²) < 4.78 is 5.50. The van der Waals surface area contributed by atoms with Crippen molar-refractivity contribution in [3.63, 3.8) is 0 Å². The first-order chi connectivity index (χ1) is 8.65. The quantitative estimate of drug-likeness (QED) is 0.887. The van der Waals surface area contributed by atoms with E-state index < -0.39 is 0 Å². The van der Waals surface area contributed by atoms with Gasteiger partial charge in [0.05, 0.1) is 12.8 Å². The van der Waals surface area contributed by atoms with Crippen molar-refractivity contribution in [2.45, 2.75) is 52.0 Å². The molecule has 1 aromatic heterocycles. The average molecular weight is 248 g/mol. The zero-order valence-electron chi connectivity index (χ0n) is 11.5. The van der Waals surface area contributed by atoms with Crippen LogP contribution in [0.4, 0.5) is 0 Å². The highest BCUT2D eigenvalue weighted by Gasteiger charge is 2.34. The minimum Gasteiger partial charge on any atom is -0.492 e. The molecule has 0 aromatic carbocycles. The molecule has 2 rings (SSSR count). The van der Waals surface area contributed by atoms with Gasteiger partial charge in [0, 0.05) is 12.2 Å². The molecule has 1 unspecified atom stereocenters. The number of ether oxygens (including phenoxy) is 1. The standard InChI is InChI=1S/C15H24N2O/c1-3-18-13-9-12(10-17-11-13)14(16)15(2)7-5-4-6-8-15/h9-11,14H,3-8,16H2,1-2H3. The summed E-state index contributed by atoms with van der Waals surface area (Å²) >= 11 is 0. The van der Waals surface area contributed by atoms with Crippen molar-refractivity contribution >= 4 is 0 Å². The summed E-state index contributed by atoms with van der Waals surface area (Å²) in [6, 6.07) is 2.10. The second-order valence-corrected chi connectivity index (χ2v) is 5.58. The Morgan fingerprint density at radius 1 is 1.33 bits per heavy atom. The highest BCUT2D eigenvalue weighted by Crippen LogP contribution is 2.44. The average Bonchev–Trinajstić information content (AvgIpc) is 2.39. The molecule has 1 saturated carbocycles. The van der Waals surface area contributed by atoms with Crippen LogP contribution in [0.2, 0.25) is 0 Å². The molecule has 1 atom stereocenters. The summed E-state index contributed by atoms with van der Waals surface area (Å²) in [4.78, 5) is 4.25. The zero-order chi connectivity index (χ0) is 13.0. The Kier molecular flexibility index (Phi) is 4.23. The number of hydrogen-bond donors (Lipinski definition) is 1. The maximum atomic E-state index is 6.47. The predicted molar refractivity (Wildman–Crippen MR) is 73.5 cm³/mol. The van der Waals surface area contributed by atoms with E-state index in [2.05, 4.69) is 11.9 Å². The monoisotopic (exact) mass is 248 g/mol. The van der Waals surface area contributed by atoms with Gasteiger partial charge in [-0.25, -0.2) is 0 Å². The molecule has 1 heterocycles. The van der Waals surface area contributed by atoms with Gasteiger partial charge in [-0.2, -0.15) is 0 Å². The smallest absolute Gasteiger partial charge is 0.137 e. The molecule has 0 saturated heterocycles. The van der Waals surface area contributed by atoms with E-state index >= 15 is 0 Å². The van der Waals surface area contributed by atoms with E-state index in [-0.39, 0.29) is 11.5 Å². The van der Waals surface area contributed by atoms with E-state index in [0.29, 0.717) is 6.61 Å². The molecule has 0 bridgehead atoms. The molecular formula is C15H24N2O. The third-order valence-electron chi connectivity index (χ3n) is 4.15. The molecule has 18 heavy (non-hydrogen) atoms. The molecule has 2 N–H and O–H groups in total. The summed E-state index contributed by atoms with van der Waals surface area (Å²) in [5.41, 5.74) is 7.79. The molecule has 0 spiro atoms. The molecule has 1 fully saturated rings. The van der Waals surface area contributed by atoms with Crippen LogP contribution in [0.25, 0.3) is 0 Å². The van der Waals surface area contributed by atoms with Gasteiger partial charge < -0.3 is 10.5 Å². The van der Waals surface area contributed by atoms with Crippen molar-refractivity contribution in [3.05, 3.63) is 24.0 Å². The fourth-order valence-corrected chi connectivity index (χ4v) is 2.92. The topological polar surface area (TPSA) is 48.1 Å². The Hall–Kier alpha value is -1.09. The van der Waals surface area contributed by atoms with Gasteiger partial charge in [0.15, 0.2) is 0 Å². The minimum absolute atomic E-state index is 0.0608. The van der Waals surface area contributed by atoms with E-state index in [4.69, 9.17) is 10.5 Å². The van der Waals surface area contributed by atoms with Gasteiger partial charge in [0.25, 0.3) is 0 Å². The maximum Gasteiger partial charge on any atom is 0.137 e. The molecule has 100 valence electrons. The molecule has 1 aromatic rings. The minimum atomic E-state index is 0.0608. The first-order valence-electron chi connectivity index (χ1n) is 6.99. The number of hydrogen-bond acceptors (Lipinski definition) is 3. The van der Waals surface area contributed by atoms with Crippen molar-refractivity contribution < 1.29 is 4.74 Å². The second-order valence-electron chi connectivity index (χ2n) is 5.58. The van der Waals surface area contributed by atoms with Crippen LogP contribution in [0.3, 0.4) is 0 Å². The lowest BCUT2D eigenvalue weighted by Crippen LogP contribution is -2.33. The van der Waals surface area contributed by atoms with Gasteiger partial charge >= 0.3 is 0 Å². The number of rotatable bonds is 4. The van der Waals surface area contributed by atoms with Gasteiger partial charge in [-0.05, 0) is 36.8 Å². The first kappa shape index (κ1) is 13.3. The van der Waals surface area contributed by atoms with E-state index in [1.165, 1.54) is 32.1 Å². The third-order valence-corrected chi connectivity index (χ3v) is 4.15. The fraction of sp³-hybridized carbons (Fsp3) is 0.667. The van der Waals surface area contributed by atoms with Crippen LogP contribution < -0.4 is 10.5 Å². The van der Waals surface area contributed by atoms with Crippen LogP contribution in [-0.2, 0) is 0 Å². The maximum absolute atomic E-state index is 6.47. The van der Waals surface area contributed by atoms with Crippen LogP contribution in [-0.4, -0.2) is 11.6 Å². The van der Waals surface area contributed by atoms with Gasteiger partial charge in [-0.3, -0.25) is 4.98 Å². The summed E-state index contributed by atoms with van der Waals surface area (Å²) in [6.45, 7) is 4.96. The van der Waals surface area contributed by atoms with Crippen LogP contribution in [0, 0.1) is 5.41 Å². The van der Waals surface area contributed by atoms with Gasteiger partial charge in [-0.15, -0.1) is 0 Å². The number of aromatic nitrogens is 1. The molecule has 3 nitrogen and oxygen atoms in total. The summed E-state index contributed by atoms with van der Waals surface area (Å²) in [5.74, 6) is 0.824. The Bertz CT molecular complexity index is 386. The summed E-state index contributed by atoms with van der Waals surface area (Å²) in [5, 5.41) is 0. The molecule has 0 amide bonds. The van der Waals surface area contributed by atoms with Gasteiger partial charge in [0.2, 0.25) is 0 Å². The van der Waals surface area contributed by atoms with E-state index in [1.807, 2.05) is 19.2 Å². The molecule has 0 aliphatic heterocycles. The third kappa shape index (κ3) is 2.83. The lowest BCUT2D eigenvalue weighted by molar-refractivity contribution is 0.170. The van der Waals surface area contributed by atoms with Crippen LogP contribution in [0.5, 0.6) is 5.75 Å². The normalized spacial score (nSPS) is 20.4. The first-order valence-corrected chi connectivity index (χ1v) is 6.99. The van der Waals surface area contributed by atoms with Crippen molar-refractivity contribution in [3.8, 4) is 5.75 Å². The van der Waals surface area contributed by atoms with Crippen molar-refractivity contribution in [1.82, 2.24) is 4.98 Å². The molecular weight excluding hydrogens is 224 g/mol. The predicted octanol–water partition coefficient (Wildman–Crippen LogP) is 3.45. The number of nitrogens with zero attached hydrogens (tertiary/aromatic N) is 1. The van der Waals surface area contributed by atoms with Crippen molar-refractivity contribution in [2.75, 3.05) is 6.61 Å². The van der Waals surface area contributed by atoms with Gasteiger partial charge in [-0.1, -0.05) is 26.2 Å². The lowest BCUT2D eigenvalue weighted by Gasteiger charge is -2.39. The summed E-state index contributed by atoms with van der Waals surface area (Å²) in [6.07, 6.45) is 10.0. The Morgan fingerprint density at radius 2 is 2.06 bits per heavy atom. The van der Waals surface area contributed by atoms with Crippen molar-refractivity contribution in [2.24, 2.45) is 11.1 Å². The zero-order valence-corrected chi connectivity index (χ0v) is 11.5. The largest absolute Gasteiger partial charge is 0.492 e. The molecule has 1 aliphatic carbocycles. The molecule has 1 aliphatic rings. The number of nitrogens with two attached hydrogens (primary N) is 1. The molecule has 3 heteroatoms. The van der Waals surface area contributed by atoms with E-state index in [1.54, 1.807) is 6.20 Å². The van der Waals surface area contributed by atoms with Crippen molar-refractivity contribution in [1.29, 1.82) is 0 Å². The lowest BCUT2D eigenvalue weighted by atomic mass is 9.69. The highest BCUT2D eigenvalue weighted by molar-refractivity contribution is 5.27. The van der Waals surface area contributed by atoms with Crippen LogP contribution in [0.1, 0.15) is 57.6 Å². The molecule has 0 radical (unpaired) electrons. The Balaban J connectivity index is 2.16. The number of pyridine rings is 1. The fourth-order valence-electron chi connectivity index (χ4n) is 2.92. The van der Waals surface area contributed by atoms with Crippen LogP contribution in [0.15, 0.2) is 18.5 Å². The SMILES string of the molecule is CCOc1cncc(C(N)C2(C)CCCCC2)c1. The van der Waals surface area contributed by atoms with E-state index in [9.17, 15) is 0 Å². The Morgan fingerprint density at radius 3 is 2.72 bits per heavy atom. The van der Waals surface area contributed by atoms with Gasteiger partial charge in [0.1, 0.15) is 5.75 Å².